The van der Waals surface area contributed by atoms with Crippen LogP contribution in [0.1, 0.15) is 28.4 Å². The first kappa shape index (κ1) is 17.5. The summed E-state index contributed by atoms with van der Waals surface area (Å²) >= 11 is 0. The number of urea groups is 1. The molecule has 0 radical (unpaired) electrons. The minimum Gasteiger partial charge on any atom is -0.491 e. The molecule has 0 bridgehead atoms. The molecule has 0 aromatic heterocycles. The Balaban J connectivity index is 1.78. The van der Waals surface area contributed by atoms with Gasteiger partial charge in [-0.1, -0.05) is 24.3 Å². The van der Waals surface area contributed by atoms with Crippen molar-refractivity contribution in [1.29, 1.82) is 0 Å². The van der Waals surface area contributed by atoms with E-state index < -0.39 is 0 Å². The van der Waals surface area contributed by atoms with Gasteiger partial charge in [0.05, 0.1) is 6.54 Å². The van der Waals surface area contributed by atoms with Gasteiger partial charge in [-0.25, -0.2) is 4.79 Å². The lowest BCUT2D eigenvalue weighted by Gasteiger charge is -2.11. The SMILES string of the molecule is CC(=O)c1cccc(NC(=O)NCCOc2cc(C)ccc2C)c1. The van der Waals surface area contributed by atoms with Crippen molar-refractivity contribution in [2.24, 2.45) is 0 Å². The molecule has 0 unspecified atom stereocenters. The molecule has 0 saturated heterocycles. The molecule has 2 rings (SSSR count). The molecule has 0 saturated carbocycles. The Kier molecular flexibility index (Phi) is 5.95. The van der Waals surface area contributed by atoms with Gasteiger partial charge in [0.15, 0.2) is 5.78 Å². The fourth-order valence-corrected chi connectivity index (χ4v) is 2.18. The van der Waals surface area contributed by atoms with Crippen molar-refractivity contribution in [3.05, 3.63) is 59.2 Å². The van der Waals surface area contributed by atoms with Crippen LogP contribution in [-0.2, 0) is 0 Å². The van der Waals surface area contributed by atoms with Crippen LogP contribution in [0, 0.1) is 13.8 Å². The zero-order valence-corrected chi connectivity index (χ0v) is 14.2. The van der Waals surface area contributed by atoms with Crippen LogP contribution in [0.15, 0.2) is 42.5 Å². The number of nitrogens with one attached hydrogen (secondary N) is 2. The van der Waals surface area contributed by atoms with Crippen LogP contribution in [-0.4, -0.2) is 25.0 Å². The summed E-state index contributed by atoms with van der Waals surface area (Å²) in [5, 5.41) is 5.42. The summed E-state index contributed by atoms with van der Waals surface area (Å²) < 4.78 is 5.68. The molecule has 0 aliphatic rings. The molecule has 0 atom stereocenters. The fraction of sp³-hybridized carbons (Fsp3) is 0.263. The highest BCUT2D eigenvalue weighted by atomic mass is 16.5. The Morgan fingerprint density at radius 3 is 2.62 bits per heavy atom. The first-order valence-corrected chi connectivity index (χ1v) is 7.81. The van der Waals surface area contributed by atoms with Crippen molar-refractivity contribution < 1.29 is 14.3 Å². The Labute approximate surface area is 142 Å². The molecule has 0 aliphatic carbocycles. The highest BCUT2D eigenvalue weighted by Gasteiger charge is 2.05. The number of benzene rings is 2. The molecular weight excluding hydrogens is 304 g/mol. The summed E-state index contributed by atoms with van der Waals surface area (Å²) in [6, 6.07) is 12.5. The number of anilines is 1. The molecule has 24 heavy (non-hydrogen) atoms. The van der Waals surface area contributed by atoms with Crippen LogP contribution in [0.4, 0.5) is 10.5 Å². The summed E-state index contributed by atoms with van der Waals surface area (Å²) in [6.07, 6.45) is 0. The monoisotopic (exact) mass is 326 g/mol. The van der Waals surface area contributed by atoms with Crippen molar-refractivity contribution in [1.82, 2.24) is 5.32 Å². The number of amides is 2. The Hall–Kier alpha value is -2.82. The molecule has 2 amide bonds. The predicted molar refractivity (Wildman–Crippen MR) is 94.9 cm³/mol. The van der Waals surface area contributed by atoms with Gasteiger partial charge < -0.3 is 15.4 Å². The number of ketones is 1. The van der Waals surface area contributed by atoms with Crippen LogP contribution in [0.5, 0.6) is 5.75 Å². The van der Waals surface area contributed by atoms with Crippen molar-refractivity contribution in [2.75, 3.05) is 18.5 Å². The van der Waals surface area contributed by atoms with Gasteiger partial charge in [0.25, 0.3) is 0 Å². The number of aryl methyl sites for hydroxylation is 2. The average molecular weight is 326 g/mol. The van der Waals surface area contributed by atoms with E-state index in [-0.39, 0.29) is 11.8 Å². The van der Waals surface area contributed by atoms with E-state index in [1.807, 2.05) is 32.0 Å². The average Bonchev–Trinajstić information content (AvgIpc) is 2.55. The minimum atomic E-state index is -0.333. The summed E-state index contributed by atoms with van der Waals surface area (Å²) in [5.41, 5.74) is 3.33. The van der Waals surface area contributed by atoms with Gasteiger partial charge >= 0.3 is 6.03 Å². The minimum absolute atomic E-state index is 0.0408. The Bertz CT molecular complexity index is 741. The third-order valence-corrected chi connectivity index (χ3v) is 3.52. The van der Waals surface area contributed by atoms with E-state index in [1.54, 1.807) is 24.3 Å². The van der Waals surface area contributed by atoms with Crippen LogP contribution >= 0.6 is 0 Å². The first-order chi connectivity index (χ1) is 11.5. The van der Waals surface area contributed by atoms with Crippen LogP contribution < -0.4 is 15.4 Å². The molecule has 2 aromatic carbocycles. The molecule has 0 aliphatic heterocycles. The summed E-state index contributed by atoms with van der Waals surface area (Å²) in [7, 11) is 0. The van der Waals surface area contributed by atoms with E-state index in [4.69, 9.17) is 4.74 Å². The molecule has 2 N–H and O–H groups in total. The number of Topliss-reactive ketones (excluding diaryl/α,β-unsaturated/α-hetero) is 1. The van der Waals surface area contributed by atoms with Gasteiger partial charge in [0.2, 0.25) is 0 Å². The van der Waals surface area contributed by atoms with Gasteiger partial charge in [0.1, 0.15) is 12.4 Å². The van der Waals surface area contributed by atoms with Crippen molar-refractivity contribution in [3.8, 4) is 5.75 Å². The number of carbonyl (C=O) groups is 2. The highest BCUT2D eigenvalue weighted by Crippen LogP contribution is 2.18. The standard InChI is InChI=1S/C19H22N2O3/c1-13-7-8-14(2)18(11-13)24-10-9-20-19(23)21-17-6-4-5-16(12-17)15(3)22/h4-8,11-12H,9-10H2,1-3H3,(H2,20,21,23). The number of ether oxygens (including phenoxy) is 1. The molecule has 0 spiro atoms. The number of hydrogen-bond acceptors (Lipinski definition) is 3. The lowest BCUT2D eigenvalue weighted by molar-refractivity contribution is 0.101. The first-order valence-electron chi connectivity index (χ1n) is 7.81. The molecule has 5 nitrogen and oxygen atoms in total. The van der Waals surface area contributed by atoms with Crippen molar-refractivity contribution in [3.63, 3.8) is 0 Å². The Morgan fingerprint density at radius 1 is 1.08 bits per heavy atom. The quantitative estimate of drug-likeness (QED) is 0.628. The van der Waals surface area contributed by atoms with Gasteiger partial charge in [-0.2, -0.15) is 0 Å². The van der Waals surface area contributed by atoms with Gasteiger partial charge in [0, 0.05) is 11.3 Å². The second kappa shape index (κ2) is 8.15. The fourth-order valence-electron chi connectivity index (χ4n) is 2.18. The van der Waals surface area contributed by atoms with E-state index >= 15 is 0 Å². The van der Waals surface area contributed by atoms with Crippen molar-refractivity contribution >= 4 is 17.5 Å². The van der Waals surface area contributed by atoms with Gasteiger partial charge in [-0.05, 0) is 50.1 Å². The molecule has 0 heterocycles. The predicted octanol–water partition coefficient (Wildman–Crippen LogP) is 3.71. The molecule has 126 valence electrons. The number of rotatable bonds is 6. The molecular formula is C19H22N2O3. The maximum atomic E-state index is 11.9. The molecule has 2 aromatic rings. The van der Waals surface area contributed by atoms with E-state index in [0.29, 0.717) is 24.4 Å². The van der Waals surface area contributed by atoms with E-state index in [2.05, 4.69) is 10.6 Å². The zero-order valence-electron chi connectivity index (χ0n) is 14.2. The van der Waals surface area contributed by atoms with Crippen LogP contribution in [0.3, 0.4) is 0 Å². The van der Waals surface area contributed by atoms with Gasteiger partial charge in [-0.15, -0.1) is 0 Å². The number of hydrogen-bond donors (Lipinski definition) is 2. The second-order valence-corrected chi connectivity index (χ2v) is 5.64. The van der Waals surface area contributed by atoms with Crippen LogP contribution in [0.25, 0.3) is 0 Å². The maximum absolute atomic E-state index is 11.9. The largest absolute Gasteiger partial charge is 0.491 e. The van der Waals surface area contributed by atoms with Crippen molar-refractivity contribution in [2.45, 2.75) is 20.8 Å². The number of carbonyl (C=O) groups excluding carboxylic acids is 2. The summed E-state index contributed by atoms with van der Waals surface area (Å²) in [6.45, 7) is 6.24. The topological polar surface area (TPSA) is 67.4 Å². The molecule has 5 heteroatoms. The molecule has 0 fully saturated rings. The smallest absolute Gasteiger partial charge is 0.319 e. The lowest BCUT2D eigenvalue weighted by atomic mass is 10.1. The Morgan fingerprint density at radius 2 is 1.88 bits per heavy atom. The maximum Gasteiger partial charge on any atom is 0.319 e. The third kappa shape index (κ3) is 5.12. The summed E-state index contributed by atoms with van der Waals surface area (Å²) in [4.78, 5) is 23.2. The summed E-state index contributed by atoms with van der Waals surface area (Å²) in [5.74, 6) is 0.785. The second-order valence-electron chi connectivity index (χ2n) is 5.64. The lowest BCUT2D eigenvalue weighted by Crippen LogP contribution is -2.32. The normalized spacial score (nSPS) is 10.1. The van der Waals surface area contributed by atoms with E-state index in [9.17, 15) is 9.59 Å². The van der Waals surface area contributed by atoms with Gasteiger partial charge in [-0.3, -0.25) is 4.79 Å². The van der Waals surface area contributed by atoms with E-state index in [1.165, 1.54) is 6.92 Å². The third-order valence-electron chi connectivity index (χ3n) is 3.52. The van der Waals surface area contributed by atoms with E-state index in [0.717, 1.165) is 16.9 Å². The zero-order chi connectivity index (χ0) is 17.5. The highest BCUT2D eigenvalue weighted by molar-refractivity contribution is 5.96. The van der Waals surface area contributed by atoms with Crippen LogP contribution in [0.2, 0.25) is 0 Å².